The lowest BCUT2D eigenvalue weighted by molar-refractivity contribution is 0.139. The SMILES string of the molecule is CC1CCN(C(=O)O)[C@@H]1C. The summed E-state index contributed by atoms with van der Waals surface area (Å²) in [7, 11) is 0. The topological polar surface area (TPSA) is 40.5 Å². The molecule has 0 aromatic carbocycles. The Labute approximate surface area is 60.6 Å². The van der Waals surface area contributed by atoms with Gasteiger partial charge in [-0.3, -0.25) is 0 Å². The summed E-state index contributed by atoms with van der Waals surface area (Å²) >= 11 is 0. The molecule has 1 unspecified atom stereocenters. The summed E-state index contributed by atoms with van der Waals surface area (Å²) < 4.78 is 0. The molecule has 1 fully saturated rings. The van der Waals surface area contributed by atoms with Crippen LogP contribution in [0.3, 0.4) is 0 Å². The predicted molar refractivity (Wildman–Crippen MR) is 38.0 cm³/mol. The zero-order valence-corrected chi connectivity index (χ0v) is 6.37. The number of hydrogen-bond acceptors (Lipinski definition) is 1. The molecule has 0 aromatic rings. The van der Waals surface area contributed by atoms with Crippen molar-refractivity contribution >= 4 is 6.09 Å². The van der Waals surface area contributed by atoms with Gasteiger partial charge in [0.2, 0.25) is 0 Å². The molecule has 1 rings (SSSR count). The second-order valence-corrected chi connectivity index (χ2v) is 2.98. The number of likely N-dealkylation sites (tertiary alicyclic amines) is 1. The summed E-state index contributed by atoms with van der Waals surface area (Å²) in [6.07, 6.45) is 0.227. The van der Waals surface area contributed by atoms with Gasteiger partial charge in [-0.15, -0.1) is 0 Å². The lowest BCUT2D eigenvalue weighted by atomic mass is 10.1. The van der Waals surface area contributed by atoms with E-state index in [1.165, 1.54) is 4.90 Å². The van der Waals surface area contributed by atoms with Crippen LogP contribution in [-0.2, 0) is 0 Å². The molecule has 0 radical (unpaired) electrons. The number of hydrogen-bond donors (Lipinski definition) is 1. The Balaban J connectivity index is 2.57. The maximum Gasteiger partial charge on any atom is 0.407 e. The van der Waals surface area contributed by atoms with Crippen LogP contribution in [0.15, 0.2) is 0 Å². The van der Waals surface area contributed by atoms with Gasteiger partial charge >= 0.3 is 6.09 Å². The normalized spacial score (nSPS) is 32.8. The van der Waals surface area contributed by atoms with Gasteiger partial charge in [-0.1, -0.05) is 6.92 Å². The van der Waals surface area contributed by atoms with E-state index in [1.54, 1.807) is 0 Å². The monoisotopic (exact) mass is 143 g/mol. The zero-order chi connectivity index (χ0) is 7.72. The standard InChI is InChI=1S/C7H13NO2/c1-5-3-4-8(6(5)2)7(9)10/h5-6H,3-4H2,1-2H3,(H,9,10)/t5?,6-/m1/s1. The Morgan fingerprint density at radius 1 is 1.60 bits per heavy atom. The van der Waals surface area contributed by atoms with Crippen molar-refractivity contribution in [3.05, 3.63) is 0 Å². The van der Waals surface area contributed by atoms with Crippen LogP contribution < -0.4 is 0 Å². The summed E-state index contributed by atoms with van der Waals surface area (Å²) in [5.74, 6) is 0.524. The Morgan fingerprint density at radius 3 is 2.40 bits per heavy atom. The van der Waals surface area contributed by atoms with Gasteiger partial charge in [0.25, 0.3) is 0 Å². The fourth-order valence-electron chi connectivity index (χ4n) is 1.36. The van der Waals surface area contributed by atoms with E-state index in [4.69, 9.17) is 5.11 Å². The molecule has 1 N–H and O–H groups in total. The second-order valence-electron chi connectivity index (χ2n) is 2.98. The fraction of sp³-hybridized carbons (Fsp3) is 0.857. The molecular formula is C7H13NO2. The van der Waals surface area contributed by atoms with Crippen LogP contribution >= 0.6 is 0 Å². The molecule has 3 nitrogen and oxygen atoms in total. The molecule has 2 atom stereocenters. The van der Waals surface area contributed by atoms with Crippen LogP contribution in [0, 0.1) is 5.92 Å². The molecule has 0 bridgehead atoms. The Morgan fingerprint density at radius 2 is 2.20 bits per heavy atom. The molecular weight excluding hydrogens is 130 g/mol. The second kappa shape index (κ2) is 2.48. The van der Waals surface area contributed by atoms with Gasteiger partial charge in [-0.2, -0.15) is 0 Å². The summed E-state index contributed by atoms with van der Waals surface area (Å²) in [6, 6.07) is 0.206. The molecule has 0 saturated carbocycles. The van der Waals surface area contributed by atoms with E-state index in [0.717, 1.165) is 6.42 Å². The van der Waals surface area contributed by atoms with E-state index in [1.807, 2.05) is 6.92 Å². The summed E-state index contributed by atoms with van der Waals surface area (Å²) in [4.78, 5) is 12.0. The molecule has 1 aliphatic rings. The van der Waals surface area contributed by atoms with E-state index >= 15 is 0 Å². The fourth-order valence-corrected chi connectivity index (χ4v) is 1.36. The zero-order valence-electron chi connectivity index (χ0n) is 6.37. The maximum absolute atomic E-state index is 10.5. The molecule has 1 amide bonds. The van der Waals surface area contributed by atoms with Crippen molar-refractivity contribution < 1.29 is 9.90 Å². The Kier molecular flexibility index (Phi) is 1.83. The molecule has 3 heteroatoms. The average molecular weight is 143 g/mol. The van der Waals surface area contributed by atoms with Crippen molar-refractivity contribution in [2.75, 3.05) is 6.54 Å². The van der Waals surface area contributed by atoms with Crippen molar-refractivity contribution in [1.82, 2.24) is 4.90 Å². The Bertz CT molecular complexity index is 147. The molecule has 58 valence electrons. The van der Waals surface area contributed by atoms with Crippen LogP contribution in [-0.4, -0.2) is 28.7 Å². The number of carbonyl (C=O) groups is 1. The van der Waals surface area contributed by atoms with Crippen molar-refractivity contribution in [1.29, 1.82) is 0 Å². The van der Waals surface area contributed by atoms with Gasteiger partial charge in [0.1, 0.15) is 0 Å². The molecule has 1 aliphatic heterocycles. The first-order chi connectivity index (χ1) is 4.63. The highest BCUT2D eigenvalue weighted by atomic mass is 16.4. The van der Waals surface area contributed by atoms with Crippen LogP contribution in [0.1, 0.15) is 20.3 Å². The smallest absolute Gasteiger partial charge is 0.407 e. The first-order valence-corrected chi connectivity index (χ1v) is 3.62. The minimum atomic E-state index is -0.781. The maximum atomic E-state index is 10.5. The van der Waals surface area contributed by atoms with Crippen molar-refractivity contribution in [3.8, 4) is 0 Å². The van der Waals surface area contributed by atoms with Gasteiger partial charge in [-0.25, -0.2) is 4.79 Å². The first-order valence-electron chi connectivity index (χ1n) is 3.62. The van der Waals surface area contributed by atoms with E-state index in [9.17, 15) is 4.79 Å². The highest BCUT2D eigenvalue weighted by Gasteiger charge is 2.30. The first kappa shape index (κ1) is 7.38. The minimum Gasteiger partial charge on any atom is -0.465 e. The average Bonchev–Trinajstić information content (AvgIpc) is 2.14. The number of carboxylic acid groups (broad SMARTS) is 1. The summed E-state index contributed by atoms with van der Waals surface area (Å²) in [6.45, 7) is 4.76. The highest BCUT2D eigenvalue weighted by Crippen LogP contribution is 2.22. The van der Waals surface area contributed by atoms with Crippen LogP contribution in [0.25, 0.3) is 0 Å². The van der Waals surface area contributed by atoms with E-state index in [2.05, 4.69) is 6.92 Å². The molecule has 0 aliphatic carbocycles. The van der Waals surface area contributed by atoms with Gasteiger partial charge in [0.15, 0.2) is 0 Å². The van der Waals surface area contributed by atoms with E-state index in [-0.39, 0.29) is 6.04 Å². The van der Waals surface area contributed by atoms with E-state index in [0.29, 0.717) is 12.5 Å². The van der Waals surface area contributed by atoms with Crippen LogP contribution in [0.4, 0.5) is 4.79 Å². The lowest BCUT2D eigenvalue weighted by Gasteiger charge is -2.19. The Hall–Kier alpha value is -0.730. The summed E-state index contributed by atoms with van der Waals surface area (Å²) in [5, 5.41) is 8.63. The van der Waals surface area contributed by atoms with Crippen molar-refractivity contribution in [2.45, 2.75) is 26.3 Å². The van der Waals surface area contributed by atoms with Gasteiger partial charge in [0, 0.05) is 12.6 Å². The quantitative estimate of drug-likeness (QED) is 0.556. The molecule has 10 heavy (non-hydrogen) atoms. The van der Waals surface area contributed by atoms with Gasteiger partial charge < -0.3 is 10.0 Å². The minimum absolute atomic E-state index is 0.206. The van der Waals surface area contributed by atoms with Crippen molar-refractivity contribution in [3.63, 3.8) is 0 Å². The van der Waals surface area contributed by atoms with Gasteiger partial charge in [0.05, 0.1) is 0 Å². The van der Waals surface area contributed by atoms with Crippen LogP contribution in [0.2, 0.25) is 0 Å². The molecule has 0 spiro atoms. The lowest BCUT2D eigenvalue weighted by Crippen LogP contribution is -2.33. The van der Waals surface area contributed by atoms with Crippen LogP contribution in [0.5, 0.6) is 0 Å². The molecule has 0 aromatic heterocycles. The molecule has 1 saturated heterocycles. The predicted octanol–water partition coefficient (Wildman–Crippen LogP) is 1.39. The number of rotatable bonds is 0. The third kappa shape index (κ3) is 1.08. The third-order valence-corrected chi connectivity index (χ3v) is 2.39. The van der Waals surface area contributed by atoms with Gasteiger partial charge in [-0.05, 0) is 19.3 Å². The number of nitrogens with zero attached hydrogens (tertiary/aromatic N) is 1. The highest BCUT2D eigenvalue weighted by molar-refractivity contribution is 5.65. The largest absolute Gasteiger partial charge is 0.465 e. The third-order valence-electron chi connectivity index (χ3n) is 2.39. The number of amides is 1. The summed E-state index contributed by atoms with van der Waals surface area (Å²) in [5.41, 5.74) is 0. The van der Waals surface area contributed by atoms with E-state index < -0.39 is 6.09 Å². The molecule has 1 heterocycles. The van der Waals surface area contributed by atoms with Crippen molar-refractivity contribution in [2.24, 2.45) is 5.92 Å².